The lowest BCUT2D eigenvalue weighted by Crippen LogP contribution is -2.46. The van der Waals surface area contributed by atoms with Crippen molar-refractivity contribution >= 4 is 11.8 Å². The first kappa shape index (κ1) is 14.3. The van der Waals surface area contributed by atoms with Crippen molar-refractivity contribution in [2.24, 2.45) is 5.73 Å². The van der Waals surface area contributed by atoms with Crippen molar-refractivity contribution in [2.75, 3.05) is 32.4 Å². The van der Waals surface area contributed by atoms with Gasteiger partial charge in [0.2, 0.25) is 0 Å². The Bertz CT molecular complexity index is 171. The monoisotopic (exact) mass is 244 g/mol. The Kier molecular flexibility index (Phi) is 6.78. The molecule has 1 heterocycles. The lowest BCUT2D eigenvalue weighted by Gasteiger charge is -2.40. The van der Waals surface area contributed by atoms with Gasteiger partial charge in [0.25, 0.3) is 0 Å². The highest BCUT2D eigenvalue weighted by molar-refractivity contribution is 8.00. The summed E-state index contributed by atoms with van der Waals surface area (Å²) in [6, 6.07) is 0. The molecule has 0 saturated carbocycles. The Labute approximate surface area is 105 Å². The maximum absolute atomic E-state index is 5.89. The summed E-state index contributed by atoms with van der Waals surface area (Å²) < 4.78 is 0.389. The molecule has 1 fully saturated rings. The first-order valence-electron chi connectivity index (χ1n) is 6.74. The van der Waals surface area contributed by atoms with Crippen molar-refractivity contribution in [3.63, 3.8) is 0 Å². The van der Waals surface area contributed by atoms with Gasteiger partial charge in [0.15, 0.2) is 0 Å². The van der Waals surface area contributed by atoms with Crippen LogP contribution in [0.3, 0.4) is 0 Å². The van der Waals surface area contributed by atoms with E-state index in [1.54, 1.807) is 0 Å². The molecule has 1 rings (SSSR count). The van der Waals surface area contributed by atoms with Crippen LogP contribution in [0, 0.1) is 0 Å². The summed E-state index contributed by atoms with van der Waals surface area (Å²) in [5.41, 5.74) is 5.89. The van der Waals surface area contributed by atoms with Crippen molar-refractivity contribution in [1.29, 1.82) is 0 Å². The predicted octanol–water partition coefficient (Wildman–Crippen LogP) is 2.72. The van der Waals surface area contributed by atoms with E-state index in [-0.39, 0.29) is 0 Å². The Balaban J connectivity index is 2.16. The number of nitrogens with zero attached hydrogens (tertiary/aromatic N) is 1. The molecule has 0 atom stereocenters. The molecule has 2 N–H and O–H groups in total. The van der Waals surface area contributed by atoms with Gasteiger partial charge in [-0.05, 0) is 45.2 Å². The lowest BCUT2D eigenvalue weighted by molar-refractivity contribution is 0.199. The zero-order chi connectivity index (χ0) is 11.9. The summed E-state index contributed by atoms with van der Waals surface area (Å²) in [4.78, 5) is 2.62. The fourth-order valence-electron chi connectivity index (χ4n) is 2.44. The minimum Gasteiger partial charge on any atom is -0.329 e. The molecular weight excluding hydrogens is 216 g/mol. The number of hydrogen-bond acceptors (Lipinski definition) is 3. The minimum atomic E-state index is 0.389. The summed E-state index contributed by atoms with van der Waals surface area (Å²) in [6.45, 7) is 6.93. The molecule has 1 aliphatic heterocycles. The maximum Gasteiger partial charge on any atom is 0.0303 e. The fraction of sp³-hybridized carbons (Fsp3) is 1.00. The van der Waals surface area contributed by atoms with Crippen molar-refractivity contribution in [3.05, 3.63) is 0 Å². The molecule has 0 amide bonds. The molecule has 1 saturated heterocycles. The van der Waals surface area contributed by atoms with E-state index in [0.29, 0.717) is 4.75 Å². The quantitative estimate of drug-likeness (QED) is 0.698. The van der Waals surface area contributed by atoms with Crippen molar-refractivity contribution in [2.45, 2.75) is 50.2 Å². The van der Waals surface area contributed by atoms with E-state index in [4.69, 9.17) is 5.73 Å². The minimum absolute atomic E-state index is 0.389. The van der Waals surface area contributed by atoms with Gasteiger partial charge in [-0.25, -0.2) is 0 Å². The maximum atomic E-state index is 5.89. The van der Waals surface area contributed by atoms with E-state index in [1.165, 1.54) is 58.2 Å². The van der Waals surface area contributed by atoms with Gasteiger partial charge < -0.3 is 10.6 Å². The summed E-state index contributed by atoms with van der Waals surface area (Å²) in [5, 5.41) is 0. The molecule has 0 bridgehead atoms. The Hall–Kier alpha value is 0.270. The van der Waals surface area contributed by atoms with Gasteiger partial charge >= 0.3 is 0 Å². The van der Waals surface area contributed by atoms with Crippen LogP contribution in [0.25, 0.3) is 0 Å². The molecule has 0 unspecified atom stereocenters. The number of unbranched alkanes of at least 4 members (excludes halogenated alkanes) is 3. The summed E-state index contributed by atoms with van der Waals surface area (Å²) >= 11 is 1.98. The van der Waals surface area contributed by atoms with Crippen LogP contribution in [0.5, 0.6) is 0 Å². The second-order valence-corrected chi connectivity index (χ2v) is 6.27. The first-order valence-corrected chi connectivity index (χ1v) is 7.96. The molecule has 1 aliphatic rings. The smallest absolute Gasteiger partial charge is 0.0303 e. The second kappa shape index (κ2) is 7.57. The fourth-order valence-corrected chi connectivity index (χ4v) is 3.20. The van der Waals surface area contributed by atoms with Crippen LogP contribution in [0.4, 0.5) is 0 Å². The lowest BCUT2D eigenvalue weighted by atomic mass is 9.95. The van der Waals surface area contributed by atoms with Gasteiger partial charge in [0, 0.05) is 11.3 Å². The third kappa shape index (κ3) is 4.27. The van der Waals surface area contributed by atoms with Gasteiger partial charge in [0.05, 0.1) is 0 Å². The third-order valence-corrected chi connectivity index (χ3v) is 5.34. The normalized spacial score (nSPS) is 21.2. The Morgan fingerprint density at radius 2 is 1.88 bits per heavy atom. The number of nitrogens with two attached hydrogens (primary N) is 1. The van der Waals surface area contributed by atoms with E-state index < -0.39 is 0 Å². The van der Waals surface area contributed by atoms with Crippen molar-refractivity contribution in [1.82, 2.24) is 4.90 Å². The standard InChI is InChI=1S/C13H28N2S/c1-3-4-5-6-9-15-10-7-13(12-14,16-2)8-11-15/h3-12,14H2,1-2H3. The molecule has 16 heavy (non-hydrogen) atoms. The predicted molar refractivity (Wildman–Crippen MR) is 75.1 cm³/mol. The molecule has 0 aromatic heterocycles. The SMILES string of the molecule is CCCCCCN1CCC(CN)(SC)CC1. The highest BCUT2D eigenvalue weighted by atomic mass is 32.2. The molecule has 0 aliphatic carbocycles. The largest absolute Gasteiger partial charge is 0.329 e. The van der Waals surface area contributed by atoms with Crippen molar-refractivity contribution in [3.8, 4) is 0 Å². The number of thioether (sulfide) groups is 1. The van der Waals surface area contributed by atoms with Crippen molar-refractivity contribution < 1.29 is 0 Å². The Morgan fingerprint density at radius 1 is 1.19 bits per heavy atom. The van der Waals surface area contributed by atoms with Gasteiger partial charge in [-0.2, -0.15) is 11.8 Å². The van der Waals surface area contributed by atoms with Crippen LogP contribution in [-0.4, -0.2) is 42.1 Å². The highest BCUT2D eigenvalue weighted by Crippen LogP contribution is 2.33. The van der Waals surface area contributed by atoms with E-state index in [1.807, 2.05) is 11.8 Å². The Morgan fingerprint density at radius 3 is 2.38 bits per heavy atom. The van der Waals surface area contributed by atoms with E-state index >= 15 is 0 Å². The van der Waals surface area contributed by atoms with E-state index in [9.17, 15) is 0 Å². The van der Waals surface area contributed by atoms with Gasteiger partial charge in [-0.3, -0.25) is 0 Å². The van der Waals surface area contributed by atoms with Crippen LogP contribution in [0.15, 0.2) is 0 Å². The van der Waals surface area contributed by atoms with Crippen LogP contribution >= 0.6 is 11.8 Å². The molecular formula is C13H28N2S. The van der Waals surface area contributed by atoms with Crippen LogP contribution in [-0.2, 0) is 0 Å². The van der Waals surface area contributed by atoms with E-state index in [0.717, 1.165) is 6.54 Å². The second-order valence-electron chi connectivity index (χ2n) is 4.99. The molecule has 0 radical (unpaired) electrons. The zero-order valence-electron chi connectivity index (χ0n) is 11.0. The van der Waals surface area contributed by atoms with Gasteiger partial charge in [-0.15, -0.1) is 0 Å². The highest BCUT2D eigenvalue weighted by Gasteiger charge is 2.31. The third-order valence-electron chi connectivity index (χ3n) is 3.90. The van der Waals surface area contributed by atoms with Crippen LogP contribution in [0.2, 0.25) is 0 Å². The van der Waals surface area contributed by atoms with E-state index in [2.05, 4.69) is 18.1 Å². The first-order chi connectivity index (χ1) is 7.76. The topological polar surface area (TPSA) is 29.3 Å². The zero-order valence-corrected chi connectivity index (χ0v) is 11.8. The number of piperidine rings is 1. The molecule has 0 spiro atoms. The molecule has 0 aromatic carbocycles. The summed E-state index contributed by atoms with van der Waals surface area (Å²) in [5.74, 6) is 0. The molecule has 2 nitrogen and oxygen atoms in total. The molecule has 96 valence electrons. The molecule has 0 aromatic rings. The summed E-state index contributed by atoms with van der Waals surface area (Å²) in [7, 11) is 0. The van der Waals surface area contributed by atoms with Crippen LogP contribution < -0.4 is 5.73 Å². The van der Waals surface area contributed by atoms with Gasteiger partial charge in [-0.1, -0.05) is 26.2 Å². The number of likely N-dealkylation sites (tertiary alicyclic amines) is 1. The average Bonchev–Trinajstić information content (AvgIpc) is 2.36. The summed E-state index contributed by atoms with van der Waals surface area (Å²) in [6.07, 6.45) is 10.3. The van der Waals surface area contributed by atoms with Crippen LogP contribution in [0.1, 0.15) is 45.4 Å². The number of rotatable bonds is 7. The van der Waals surface area contributed by atoms with Gasteiger partial charge in [0.1, 0.15) is 0 Å². The molecule has 3 heteroatoms. The average molecular weight is 244 g/mol. The number of hydrogen-bond donors (Lipinski definition) is 1.